The van der Waals surface area contributed by atoms with Crippen molar-refractivity contribution in [2.45, 2.75) is 25.7 Å². The summed E-state index contributed by atoms with van der Waals surface area (Å²) in [5, 5.41) is 14.0. The Morgan fingerprint density at radius 2 is 1.94 bits per heavy atom. The number of amides is 4. The molecule has 0 spiro atoms. The van der Waals surface area contributed by atoms with Gasteiger partial charge in [0.1, 0.15) is 0 Å². The molecule has 3 aromatic rings. The molecule has 4 amide bonds. The molecule has 0 saturated carbocycles. The number of anilines is 5. The third-order valence-electron chi connectivity index (χ3n) is 5.49. The van der Waals surface area contributed by atoms with Crippen LogP contribution in [-0.4, -0.2) is 46.3 Å². The van der Waals surface area contributed by atoms with Crippen LogP contribution in [0.1, 0.15) is 31.2 Å². The van der Waals surface area contributed by atoms with Gasteiger partial charge in [-0.25, -0.2) is 9.78 Å². The number of halogens is 1. The van der Waals surface area contributed by atoms with E-state index < -0.39 is 5.92 Å². The molecule has 3 heterocycles. The number of carbonyl (C=O) groups excluding carboxylic acids is 3. The van der Waals surface area contributed by atoms with E-state index in [0.717, 1.165) is 31.5 Å². The van der Waals surface area contributed by atoms with Gasteiger partial charge in [0.15, 0.2) is 5.82 Å². The number of nitrogens with zero attached hydrogens (tertiary/aromatic N) is 3. The summed E-state index contributed by atoms with van der Waals surface area (Å²) in [6, 6.07) is 8.98. The van der Waals surface area contributed by atoms with Gasteiger partial charge in [-0.3, -0.25) is 9.59 Å². The molecule has 1 aliphatic heterocycles. The second-order valence-corrected chi connectivity index (χ2v) is 9.98. The lowest BCUT2D eigenvalue weighted by Gasteiger charge is -2.17. The summed E-state index contributed by atoms with van der Waals surface area (Å²) < 4.78 is 0.678. The largest absolute Gasteiger partial charge is 0.325 e. The number of urea groups is 1. The van der Waals surface area contributed by atoms with Gasteiger partial charge in [-0.2, -0.15) is 4.98 Å². The number of carbonyl (C=O) groups is 3. The van der Waals surface area contributed by atoms with Gasteiger partial charge >= 0.3 is 6.03 Å². The van der Waals surface area contributed by atoms with Crippen LogP contribution < -0.4 is 21.3 Å². The Hall–Kier alpha value is -3.26. The number of rotatable bonds is 8. The van der Waals surface area contributed by atoms with E-state index in [1.165, 1.54) is 11.3 Å². The molecule has 0 aliphatic carbocycles. The number of likely N-dealkylation sites (tertiary alicyclic amines) is 1. The highest BCUT2D eigenvalue weighted by atomic mass is 127. The maximum atomic E-state index is 12.9. The van der Waals surface area contributed by atoms with Crippen molar-refractivity contribution >= 4 is 80.4 Å². The van der Waals surface area contributed by atoms with E-state index in [1.54, 1.807) is 24.1 Å². The third kappa shape index (κ3) is 6.25. The van der Waals surface area contributed by atoms with E-state index in [0.29, 0.717) is 38.1 Å². The summed E-state index contributed by atoms with van der Waals surface area (Å²) >= 11 is 3.42. The van der Waals surface area contributed by atoms with Crippen molar-refractivity contribution in [2.75, 3.05) is 34.4 Å². The minimum atomic E-state index is -0.498. The average Bonchev–Trinajstić information content (AvgIpc) is 3.54. The van der Waals surface area contributed by atoms with Gasteiger partial charge < -0.3 is 26.2 Å². The number of aromatic nitrogens is 2. The van der Waals surface area contributed by atoms with Gasteiger partial charge in [-0.05, 0) is 77.6 Å². The Morgan fingerprint density at radius 3 is 2.71 bits per heavy atom. The lowest BCUT2D eigenvalue weighted by Crippen LogP contribution is -2.32. The molecule has 1 atom stereocenters. The molecule has 2 aromatic heterocycles. The summed E-state index contributed by atoms with van der Waals surface area (Å²) in [6.07, 6.45) is 4.26. The maximum absolute atomic E-state index is 12.9. The van der Waals surface area contributed by atoms with E-state index in [-0.39, 0.29) is 11.9 Å². The van der Waals surface area contributed by atoms with Crippen molar-refractivity contribution in [1.29, 1.82) is 0 Å². The fourth-order valence-corrected chi connectivity index (χ4v) is 4.88. The number of thiophene rings is 1. The van der Waals surface area contributed by atoms with Crippen LogP contribution >= 0.6 is 33.9 Å². The van der Waals surface area contributed by atoms with Crippen LogP contribution in [0.3, 0.4) is 0 Å². The Labute approximate surface area is 220 Å². The maximum Gasteiger partial charge on any atom is 0.321 e. The number of benzene rings is 1. The minimum Gasteiger partial charge on any atom is -0.325 e. The van der Waals surface area contributed by atoms with E-state index in [9.17, 15) is 14.4 Å². The highest BCUT2D eigenvalue weighted by Crippen LogP contribution is 2.31. The Morgan fingerprint density at radius 1 is 1.17 bits per heavy atom. The molecule has 1 aromatic carbocycles. The van der Waals surface area contributed by atoms with Crippen LogP contribution in [0.15, 0.2) is 41.9 Å². The molecule has 12 heteroatoms. The first kappa shape index (κ1) is 24.9. The summed E-state index contributed by atoms with van der Waals surface area (Å²) in [4.78, 5) is 46.7. The molecule has 10 nitrogen and oxygen atoms in total. The first-order chi connectivity index (χ1) is 16.9. The molecular formula is C23H24IN7O3S. The standard InChI is InChI=1S/C23H24IN7O3S/c1-14(17-7-10-35-21(17)26-13-32)20(33)29-19-18(24)12-25-22(30-19)27-15-5-4-6-16(11-15)28-23(34)31-8-2-3-9-31/h4-7,10-14H,2-3,8-9H2,1H3,(H,26,32)(H,28,34)(H2,25,27,29,30,33). The van der Waals surface area contributed by atoms with Crippen LogP contribution in [0.25, 0.3) is 0 Å². The zero-order valence-corrected chi connectivity index (χ0v) is 21.9. The summed E-state index contributed by atoms with van der Waals surface area (Å²) in [5.41, 5.74) is 2.09. The van der Waals surface area contributed by atoms with Crippen LogP contribution in [0.4, 0.5) is 32.9 Å². The summed E-state index contributed by atoms with van der Waals surface area (Å²) in [6.45, 7) is 3.31. The molecule has 182 valence electrons. The number of hydrogen-bond acceptors (Lipinski definition) is 7. The Bertz CT molecular complexity index is 1230. The lowest BCUT2D eigenvalue weighted by atomic mass is 10.0. The smallest absolute Gasteiger partial charge is 0.321 e. The highest BCUT2D eigenvalue weighted by Gasteiger charge is 2.21. The molecule has 1 saturated heterocycles. The van der Waals surface area contributed by atoms with Crippen LogP contribution in [0.2, 0.25) is 0 Å². The zero-order chi connectivity index (χ0) is 24.8. The molecule has 1 aliphatic rings. The fraction of sp³-hybridized carbons (Fsp3) is 0.261. The third-order valence-corrected chi connectivity index (χ3v) is 7.15. The van der Waals surface area contributed by atoms with Crippen LogP contribution in [0.5, 0.6) is 0 Å². The quantitative estimate of drug-likeness (QED) is 0.215. The second-order valence-electron chi connectivity index (χ2n) is 7.90. The molecule has 0 bridgehead atoms. The van der Waals surface area contributed by atoms with Gasteiger partial charge in [-0.15, -0.1) is 11.3 Å². The first-order valence-corrected chi connectivity index (χ1v) is 12.9. The van der Waals surface area contributed by atoms with Crippen molar-refractivity contribution < 1.29 is 14.4 Å². The second kappa shape index (κ2) is 11.4. The van der Waals surface area contributed by atoms with Gasteiger partial charge in [0.05, 0.1) is 14.5 Å². The average molecular weight is 605 g/mol. The van der Waals surface area contributed by atoms with E-state index >= 15 is 0 Å². The fourth-order valence-electron chi connectivity index (χ4n) is 3.64. The van der Waals surface area contributed by atoms with Crippen molar-refractivity contribution in [2.24, 2.45) is 0 Å². The molecular weight excluding hydrogens is 581 g/mol. The van der Waals surface area contributed by atoms with Crippen LogP contribution in [-0.2, 0) is 9.59 Å². The van der Waals surface area contributed by atoms with Gasteiger partial charge in [-0.1, -0.05) is 6.07 Å². The predicted molar refractivity (Wildman–Crippen MR) is 145 cm³/mol. The minimum absolute atomic E-state index is 0.110. The van der Waals surface area contributed by atoms with E-state index in [2.05, 4.69) is 53.8 Å². The predicted octanol–water partition coefficient (Wildman–Crippen LogP) is 4.82. The molecule has 4 N–H and O–H groups in total. The zero-order valence-electron chi connectivity index (χ0n) is 18.9. The monoisotopic (exact) mass is 605 g/mol. The van der Waals surface area contributed by atoms with E-state index in [4.69, 9.17) is 0 Å². The molecule has 0 radical (unpaired) electrons. The van der Waals surface area contributed by atoms with Gasteiger partial charge in [0.2, 0.25) is 18.3 Å². The molecule has 1 unspecified atom stereocenters. The van der Waals surface area contributed by atoms with Crippen LogP contribution in [0, 0.1) is 3.57 Å². The lowest BCUT2D eigenvalue weighted by molar-refractivity contribution is -0.117. The van der Waals surface area contributed by atoms with Crippen molar-refractivity contribution in [3.63, 3.8) is 0 Å². The van der Waals surface area contributed by atoms with Gasteiger partial charge in [0, 0.05) is 30.7 Å². The topological polar surface area (TPSA) is 128 Å². The highest BCUT2D eigenvalue weighted by molar-refractivity contribution is 14.1. The number of nitrogens with one attached hydrogen (secondary N) is 4. The Balaban J connectivity index is 1.44. The molecule has 1 fully saturated rings. The molecule has 4 rings (SSSR count). The summed E-state index contributed by atoms with van der Waals surface area (Å²) in [7, 11) is 0. The van der Waals surface area contributed by atoms with Crippen molar-refractivity contribution in [3.05, 3.63) is 51.0 Å². The Kier molecular flexibility index (Phi) is 8.13. The van der Waals surface area contributed by atoms with Crippen molar-refractivity contribution in [3.8, 4) is 0 Å². The number of hydrogen-bond donors (Lipinski definition) is 4. The normalized spacial score (nSPS) is 13.7. The summed E-state index contributed by atoms with van der Waals surface area (Å²) in [5.74, 6) is -0.0814. The SMILES string of the molecule is CC(C(=O)Nc1nc(Nc2cccc(NC(=O)N3CCCC3)c2)ncc1I)c1ccsc1NC=O. The van der Waals surface area contributed by atoms with Gasteiger partial charge in [0.25, 0.3) is 0 Å². The molecule has 35 heavy (non-hydrogen) atoms. The first-order valence-electron chi connectivity index (χ1n) is 11.0. The van der Waals surface area contributed by atoms with E-state index in [1.807, 2.05) is 29.6 Å². The van der Waals surface area contributed by atoms with Crippen molar-refractivity contribution in [1.82, 2.24) is 14.9 Å².